The van der Waals surface area contributed by atoms with Crippen molar-refractivity contribution in [3.05, 3.63) is 56.5 Å². The highest BCUT2D eigenvalue weighted by molar-refractivity contribution is 7.10. The molecule has 9 nitrogen and oxygen atoms in total. The van der Waals surface area contributed by atoms with Crippen molar-refractivity contribution >= 4 is 40.5 Å². The highest BCUT2D eigenvalue weighted by atomic mass is 32.1. The summed E-state index contributed by atoms with van der Waals surface area (Å²) < 4.78 is 18.3. The van der Waals surface area contributed by atoms with Gasteiger partial charge in [-0.3, -0.25) is 24.5 Å². The maximum atomic E-state index is 13.6. The molecule has 2 heterocycles. The first-order valence-corrected chi connectivity index (χ1v) is 9.83. The van der Waals surface area contributed by atoms with Gasteiger partial charge in [0.2, 0.25) is 17.6 Å². The summed E-state index contributed by atoms with van der Waals surface area (Å²) in [4.78, 5) is 48.9. The van der Waals surface area contributed by atoms with Crippen molar-refractivity contribution in [1.82, 2.24) is 5.32 Å². The van der Waals surface area contributed by atoms with Crippen LogP contribution in [0.15, 0.2) is 35.7 Å². The van der Waals surface area contributed by atoms with E-state index in [9.17, 15) is 28.9 Å². The molecule has 1 saturated heterocycles. The lowest BCUT2D eigenvalue weighted by molar-refractivity contribution is -0.387. The van der Waals surface area contributed by atoms with Gasteiger partial charge < -0.3 is 15.0 Å². The Hall–Kier alpha value is -3.34. The van der Waals surface area contributed by atoms with E-state index in [1.54, 1.807) is 12.1 Å². The standard InChI is InChI=1S/C19H18FN3O6S/c1-29-18(25)9-14(16-3-2-6-30-16)21-19(26)11-7-17(24)22(10-11)12-4-5-13(20)15(8-12)23(27)28/h2-6,8,11,14H,7,9-10H2,1H3,(H,21,26). The molecule has 2 aromatic rings. The monoisotopic (exact) mass is 435 g/mol. The number of ether oxygens (including phenoxy) is 1. The third kappa shape index (κ3) is 4.62. The summed E-state index contributed by atoms with van der Waals surface area (Å²) in [6.07, 6.45) is -0.163. The van der Waals surface area contributed by atoms with E-state index in [1.165, 1.54) is 29.4 Å². The Balaban J connectivity index is 1.73. The SMILES string of the molecule is COC(=O)CC(NC(=O)C1CC(=O)N(c2ccc(F)c([N+](=O)[O-])c2)C1)c1cccs1. The maximum absolute atomic E-state index is 13.6. The number of esters is 1. The normalized spacial score (nSPS) is 16.9. The number of carbonyl (C=O) groups excluding carboxylic acids is 3. The molecule has 2 amide bonds. The minimum absolute atomic E-state index is 0.0111. The summed E-state index contributed by atoms with van der Waals surface area (Å²) in [7, 11) is 1.25. The van der Waals surface area contributed by atoms with Gasteiger partial charge in [0.15, 0.2) is 0 Å². The van der Waals surface area contributed by atoms with Crippen LogP contribution in [0.3, 0.4) is 0 Å². The van der Waals surface area contributed by atoms with Crippen LogP contribution in [0, 0.1) is 21.8 Å². The molecule has 2 atom stereocenters. The molecule has 1 aliphatic heterocycles. The Kier molecular flexibility index (Phi) is 6.40. The predicted molar refractivity (Wildman–Crippen MR) is 105 cm³/mol. The van der Waals surface area contributed by atoms with E-state index in [2.05, 4.69) is 10.1 Å². The highest BCUT2D eigenvalue weighted by Crippen LogP contribution is 2.30. The summed E-state index contributed by atoms with van der Waals surface area (Å²) in [6.45, 7) is -0.0111. The van der Waals surface area contributed by atoms with Crippen molar-refractivity contribution in [3.8, 4) is 0 Å². The average Bonchev–Trinajstić information content (AvgIpc) is 3.37. The Bertz CT molecular complexity index is 981. The Morgan fingerprint density at radius 1 is 1.43 bits per heavy atom. The van der Waals surface area contributed by atoms with Gasteiger partial charge >= 0.3 is 11.7 Å². The lowest BCUT2D eigenvalue weighted by atomic mass is 10.1. The highest BCUT2D eigenvalue weighted by Gasteiger charge is 2.37. The molecule has 0 bridgehead atoms. The molecule has 0 saturated carbocycles. The van der Waals surface area contributed by atoms with Gasteiger partial charge in [-0.1, -0.05) is 6.07 Å². The quantitative estimate of drug-likeness (QED) is 0.406. The third-order valence-electron chi connectivity index (χ3n) is 4.74. The Labute approximate surface area is 174 Å². The number of rotatable bonds is 7. The number of nitro groups is 1. The molecule has 158 valence electrons. The summed E-state index contributed by atoms with van der Waals surface area (Å²) in [6, 6.07) is 6.12. The van der Waals surface area contributed by atoms with Crippen LogP contribution in [0.1, 0.15) is 23.8 Å². The van der Waals surface area contributed by atoms with Crippen molar-refractivity contribution in [2.45, 2.75) is 18.9 Å². The number of carbonyl (C=O) groups is 3. The molecule has 1 aliphatic rings. The number of thiophene rings is 1. The van der Waals surface area contributed by atoms with E-state index in [-0.39, 0.29) is 25.1 Å². The van der Waals surface area contributed by atoms with Gasteiger partial charge in [-0.2, -0.15) is 4.39 Å². The zero-order valence-corrected chi connectivity index (χ0v) is 16.7. The van der Waals surface area contributed by atoms with E-state index in [4.69, 9.17) is 0 Å². The van der Waals surface area contributed by atoms with Gasteiger partial charge in [-0.05, 0) is 23.6 Å². The molecule has 1 aromatic heterocycles. The van der Waals surface area contributed by atoms with Crippen LogP contribution in [0.4, 0.5) is 15.8 Å². The van der Waals surface area contributed by atoms with Gasteiger partial charge in [-0.25, -0.2) is 0 Å². The van der Waals surface area contributed by atoms with Crippen molar-refractivity contribution in [2.75, 3.05) is 18.6 Å². The number of nitro benzene ring substituents is 1. The molecule has 1 N–H and O–H groups in total. The predicted octanol–water partition coefficient (Wildman–Crippen LogP) is 2.57. The minimum Gasteiger partial charge on any atom is -0.469 e. The fraction of sp³-hybridized carbons (Fsp3) is 0.316. The molecule has 2 unspecified atom stereocenters. The van der Waals surface area contributed by atoms with E-state index in [0.717, 1.165) is 17.0 Å². The Morgan fingerprint density at radius 2 is 2.20 bits per heavy atom. The minimum atomic E-state index is -1.01. The van der Waals surface area contributed by atoms with E-state index < -0.39 is 46.2 Å². The fourth-order valence-electron chi connectivity index (χ4n) is 3.19. The second-order valence-corrected chi connectivity index (χ2v) is 7.63. The average molecular weight is 435 g/mol. The first kappa shape index (κ1) is 21.4. The molecule has 0 radical (unpaired) electrons. The number of methoxy groups -OCH3 is 1. The van der Waals surface area contributed by atoms with Crippen molar-refractivity contribution < 1.29 is 28.4 Å². The summed E-state index contributed by atoms with van der Waals surface area (Å²) in [5.41, 5.74) is -0.600. The van der Waals surface area contributed by atoms with Crippen molar-refractivity contribution in [3.63, 3.8) is 0 Å². The van der Waals surface area contributed by atoms with E-state index in [1.807, 2.05) is 5.38 Å². The van der Waals surface area contributed by atoms with Crippen LogP contribution in [0.2, 0.25) is 0 Å². The second-order valence-electron chi connectivity index (χ2n) is 6.66. The zero-order valence-electron chi connectivity index (χ0n) is 15.9. The van der Waals surface area contributed by atoms with Crippen LogP contribution in [0.25, 0.3) is 0 Å². The van der Waals surface area contributed by atoms with Crippen LogP contribution >= 0.6 is 11.3 Å². The van der Waals surface area contributed by atoms with Crippen molar-refractivity contribution in [2.24, 2.45) is 5.92 Å². The number of nitrogens with zero attached hydrogens (tertiary/aromatic N) is 2. The Morgan fingerprint density at radius 3 is 2.83 bits per heavy atom. The molecular weight excluding hydrogens is 417 g/mol. The van der Waals surface area contributed by atoms with Crippen LogP contribution in [0.5, 0.6) is 0 Å². The molecule has 0 spiro atoms. The molecule has 11 heteroatoms. The van der Waals surface area contributed by atoms with Crippen LogP contribution in [-0.2, 0) is 19.1 Å². The molecular formula is C19H18FN3O6S. The van der Waals surface area contributed by atoms with Crippen LogP contribution in [-0.4, -0.2) is 36.4 Å². The third-order valence-corrected chi connectivity index (χ3v) is 5.72. The van der Waals surface area contributed by atoms with Gasteiger partial charge in [0.05, 0.1) is 36.1 Å². The molecule has 1 aromatic carbocycles. The lowest BCUT2D eigenvalue weighted by Crippen LogP contribution is -2.36. The number of halogens is 1. The largest absolute Gasteiger partial charge is 0.469 e. The first-order valence-electron chi connectivity index (χ1n) is 8.95. The van der Waals surface area contributed by atoms with Crippen molar-refractivity contribution in [1.29, 1.82) is 0 Å². The number of hydrogen-bond donors (Lipinski definition) is 1. The number of hydrogen-bond acceptors (Lipinski definition) is 7. The maximum Gasteiger partial charge on any atom is 0.307 e. The molecule has 3 rings (SSSR count). The number of nitrogens with one attached hydrogen (secondary N) is 1. The molecule has 1 fully saturated rings. The first-order chi connectivity index (χ1) is 14.3. The number of amides is 2. The van der Waals surface area contributed by atoms with Gasteiger partial charge in [0.1, 0.15) is 0 Å². The molecule has 30 heavy (non-hydrogen) atoms. The topological polar surface area (TPSA) is 119 Å². The van der Waals surface area contributed by atoms with E-state index in [0.29, 0.717) is 0 Å². The van der Waals surface area contributed by atoms with Gasteiger partial charge in [0, 0.05) is 23.9 Å². The second kappa shape index (κ2) is 8.99. The van der Waals surface area contributed by atoms with Gasteiger partial charge in [0.25, 0.3) is 0 Å². The number of benzene rings is 1. The van der Waals surface area contributed by atoms with Crippen LogP contribution < -0.4 is 10.2 Å². The number of anilines is 1. The van der Waals surface area contributed by atoms with E-state index >= 15 is 0 Å². The summed E-state index contributed by atoms with van der Waals surface area (Å²) in [5, 5.41) is 15.5. The fourth-order valence-corrected chi connectivity index (χ4v) is 3.97. The smallest absolute Gasteiger partial charge is 0.307 e. The zero-order chi connectivity index (χ0) is 21.8. The lowest BCUT2D eigenvalue weighted by Gasteiger charge is -2.20. The molecule has 0 aliphatic carbocycles. The summed E-state index contributed by atoms with van der Waals surface area (Å²) in [5.74, 6) is -3.05. The summed E-state index contributed by atoms with van der Waals surface area (Å²) >= 11 is 1.37. The van der Waals surface area contributed by atoms with Gasteiger partial charge in [-0.15, -0.1) is 11.3 Å².